The molecule has 0 unspecified atom stereocenters. The third-order valence-electron chi connectivity index (χ3n) is 10.8. The maximum absolute atomic E-state index is 12.8. The first-order valence-electron chi connectivity index (χ1n) is 26.1. The van der Waals surface area contributed by atoms with E-state index in [1.54, 1.807) is 0 Å². The maximum Gasteiger partial charge on any atom is 0.306 e. The fourth-order valence-electron chi connectivity index (χ4n) is 6.87. The lowest BCUT2D eigenvalue weighted by molar-refractivity contribution is -0.167. The van der Waals surface area contributed by atoms with E-state index in [1.165, 1.54) is 109 Å². The van der Waals surface area contributed by atoms with E-state index in [1.807, 2.05) is 0 Å². The second-order valence-corrected chi connectivity index (χ2v) is 17.1. The van der Waals surface area contributed by atoms with Crippen molar-refractivity contribution in [2.75, 3.05) is 13.2 Å². The van der Waals surface area contributed by atoms with Gasteiger partial charge in [0.05, 0.1) is 0 Å². The van der Waals surface area contributed by atoms with Crippen molar-refractivity contribution in [3.05, 3.63) is 85.1 Å². The molecule has 0 radical (unpaired) electrons. The predicted octanol–water partition coefficient (Wildman–Crippen LogP) is 17.2. The van der Waals surface area contributed by atoms with Crippen molar-refractivity contribution in [2.24, 2.45) is 0 Å². The van der Waals surface area contributed by atoms with E-state index in [4.69, 9.17) is 14.2 Å². The molecular weight excluding hydrogens is 781 g/mol. The average molecular weight is 877 g/mol. The van der Waals surface area contributed by atoms with Crippen LogP contribution in [0.5, 0.6) is 0 Å². The van der Waals surface area contributed by atoms with Gasteiger partial charge in [-0.05, 0) is 116 Å². The van der Waals surface area contributed by atoms with Crippen LogP contribution in [0.2, 0.25) is 0 Å². The summed E-state index contributed by atoms with van der Waals surface area (Å²) < 4.78 is 16.7. The van der Waals surface area contributed by atoms with Crippen LogP contribution in [0, 0.1) is 0 Å². The molecule has 6 nitrogen and oxygen atoms in total. The van der Waals surface area contributed by atoms with Crippen LogP contribution >= 0.6 is 0 Å². The van der Waals surface area contributed by atoms with Crippen molar-refractivity contribution in [2.45, 2.75) is 245 Å². The third-order valence-corrected chi connectivity index (χ3v) is 10.8. The molecule has 0 aliphatic rings. The van der Waals surface area contributed by atoms with Crippen molar-refractivity contribution in [1.82, 2.24) is 0 Å². The van der Waals surface area contributed by atoms with Crippen molar-refractivity contribution >= 4 is 17.9 Å². The number of hydrogen-bond donors (Lipinski definition) is 0. The molecule has 0 aromatic carbocycles. The normalized spacial score (nSPS) is 12.7. The monoisotopic (exact) mass is 877 g/mol. The largest absolute Gasteiger partial charge is 0.462 e. The molecule has 0 rings (SSSR count). The number of ether oxygens (including phenoxy) is 3. The Morgan fingerprint density at radius 3 is 1.05 bits per heavy atom. The maximum atomic E-state index is 12.8. The molecule has 0 amide bonds. The number of hydrogen-bond acceptors (Lipinski definition) is 6. The number of unbranched alkanes of at least 4 members (excludes halogenated alkanes) is 21. The molecule has 6 heteroatoms. The molecule has 0 heterocycles. The second-order valence-electron chi connectivity index (χ2n) is 17.1. The fraction of sp³-hybridized carbons (Fsp3) is 0.702. The van der Waals surface area contributed by atoms with Crippen molar-refractivity contribution in [3.63, 3.8) is 0 Å². The highest BCUT2D eigenvalue weighted by Crippen LogP contribution is 2.12. The van der Waals surface area contributed by atoms with E-state index in [-0.39, 0.29) is 37.5 Å². The zero-order valence-electron chi connectivity index (χ0n) is 41.1. The summed E-state index contributed by atoms with van der Waals surface area (Å²) in [5.41, 5.74) is 0. The summed E-state index contributed by atoms with van der Waals surface area (Å²) in [5.74, 6) is -1.01. The molecule has 0 saturated heterocycles. The van der Waals surface area contributed by atoms with E-state index in [9.17, 15) is 14.4 Å². The van der Waals surface area contributed by atoms with E-state index in [2.05, 4.69) is 106 Å². The Labute approximate surface area is 388 Å². The van der Waals surface area contributed by atoms with Crippen LogP contribution in [0.3, 0.4) is 0 Å². The number of allylic oxidation sites excluding steroid dienone is 14. The molecule has 0 aliphatic carbocycles. The summed E-state index contributed by atoms with van der Waals surface area (Å²) in [6.07, 6.45) is 65.7. The molecule has 360 valence electrons. The minimum atomic E-state index is -0.816. The van der Waals surface area contributed by atoms with Crippen LogP contribution in [0.4, 0.5) is 0 Å². The highest BCUT2D eigenvalue weighted by atomic mass is 16.6. The predicted molar refractivity (Wildman–Crippen MR) is 270 cm³/mol. The number of esters is 3. The van der Waals surface area contributed by atoms with Crippen LogP contribution < -0.4 is 0 Å². The van der Waals surface area contributed by atoms with Gasteiger partial charge in [-0.25, -0.2) is 0 Å². The van der Waals surface area contributed by atoms with Gasteiger partial charge in [-0.15, -0.1) is 0 Å². The lowest BCUT2D eigenvalue weighted by Crippen LogP contribution is -2.30. The van der Waals surface area contributed by atoms with Gasteiger partial charge in [-0.1, -0.05) is 189 Å². The molecule has 0 spiro atoms. The zero-order chi connectivity index (χ0) is 45.8. The van der Waals surface area contributed by atoms with Crippen LogP contribution in [-0.4, -0.2) is 37.2 Å². The molecule has 0 aliphatic heterocycles. The topological polar surface area (TPSA) is 78.9 Å². The first kappa shape index (κ1) is 59.6. The van der Waals surface area contributed by atoms with Gasteiger partial charge in [0.15, 0.2) is 6.10 Å². The van der Waals surface area contributed by atoms with E-state index in [0.717, 1.165) is 83.5 Å². The summed E-state index contributed by atoms with van der Waals surface area (Å²) in [6.45, 7) is 6.49. The Kier molecular flexibility index (Phi) is 48.5. The first-order valence-corrected chi connectivity index (χ1v) is 26.1. The van der Waals surface area contributed by atoms with Crippen molar-refractivity contribution in [1.29, 1.82) is 0 Å². The third kappa shape index (κ3) is 49.5. The van der Waals surface area contributed by atoms with E-state index < -0.39 is 6.10 Å². The second kappa shape index (κ2) is 51.2. The Hall–Kier alpha value is -3.41. The average Bonchev–Trinajstić information content (AvgIpc) is 3.28. The van der Waals surface area contributed by atoms with Gasteiger partial charge in [0.2, 0.25) is 0 Å². The van der Waals surface area contributed by atoms with Gasteiger partial charge in [-0.2, -0.15) is 0 Å². The molecule has 0 aromatic rings. The van der Waals surface area contributed by atoms with Crippen LogP contribution in [0.15, 0.2) is 85.1 Å². The molecular formula is C57H96O6. The van der Waals surface area contributed by atoms with Gasteiger partial charge in [0.1, 0.15) is 13.2 Å². The number of carbonyl (C=O) groups excluding carboxylic acids is 3. The van der Waals surface area contributed by atoms with E-state index >= 15 is 0 Å². The minimum Gasteiger partial charge on any atom is -0.462 e. The van der Waals surface area contributed by atoms with Gasteiger partial charge in [-0.3, -0.25) is 14.4 Å². The minimum absolute atomic E-state index is 0.116. The SMILES string of the molecule is CCCCC/C=C\C/C=C\C/C=C\CCCCC(=O)OC[C@H](COC(=O)CCC/C=C\C/C=C\C/C=C\CCCCCCCC)OC(=O)CCCCCCC/C=C\CCCCCC. The van der Waals surface area contributed by atoms with Gasteiger partial charge < -0.3 is 14.2 Å². The Balaban J connectivity index is 4.53. The standard InChI is InChI=1S/C57H96O6/c1-4-7-10-13-16-19-22-25-27-28-30-33-35-38-41-44-47-50-56(59)62-53-54(63-57(60)51-48-45-42-39-36-31-24-21-18-15-12-9-6-3)52-61-55(58)49-46-43-40-37-34-32-29-26-23-20-17-14-11-8-5-2/h17,20-21,24-27,29-30,33-34,37-38,41,54H,4-16,18-19,22-23,28,31-32,35-36,39-40,42-53H2,1-3H3/b20-17-,24-21-,27-25-,29-26-,33-30-,37-34-,41-38-/t54-/m1/s1. The van der Waals surface area contributed by atoms with Crippen LogP contribution in [-0.2, 0) is 28.6 Å². The highest BCUT2D eigenvalue weighted by Gasteiger charge is 2.19. The Morgan fingerprint density at radius 2 is 0.587 bits per heavy atom. The number of carbonyl (C=O) groups is 3. The summed E-state index contributed by atoms with van der Waals surface area (Å²) in [5, 5.41) is 0. The lowest BCUT2D eigenvalue weighted by Gasteiger charge is -2.18. The van der Waals surface area contributed by atoms with E-state index in [0.29, 0.717) is 19.3 Å². The summed E-state index contributed by atoms with van der Waals surface area (Å²) in [6, 6.07) is 0. The summed E-state index contributed by atoms with van der Waals surface area (Å²) in [7, 11) is 0. The first-order chi connectivity index (χ1) is 31.0. The number of rotatable bonds is 46. The van der Waals surface area contributed by atoms with Gasteiger partial charge in [0.25, 0.3) is 0 Å². The van der Waals surface area contributed by atoms with Gasteiger partial charge >= 0.3 is 17.9 Å². The smallest absolute Gasteiger partial charge is 0.306 e. The highest BCUT2D eigenvalue weighted by molar-refractivity contribution is 5.71. The van der Waals surface area contributed by atoms with Crippen molar-refractivity contribution < 1.29 is 28.6 Å². The fourth-order valence-corrected chi connectivity index (χ4v) is 6.87. The molecule has 1 atom stereocenters. The molecule has 0 fully saturated rings. The van der Waals surface area contributed by atoms with Crippen LogP contribution in [0.1, 0.15) is 239 Å². The van der Waals surface area contributed by atoms with Crippen molar-refractivity contribution in [3.8, 4) is 0 Å². The Bertz CT molecular complexity index is 1240. The van der Waals surface area contributed by atoms with Crippen LogP contribution in [0.25, 0.3) is 0 Å². The quantitative estimate of drug-likeness (QED) is 0.0262. The molecule has 0 bridgehead atoms. The molecule has 0 saturated carbocycles. The Morgan fingerprint density at radius 1 is 0.317 bits per heavy atom. The summed E-state index contributed by atoms with van der Waals surface area (Å²) in [4.78, 5) is 37.9. The molecule has 63 heavy (non-hydrogen) atoms. The lowest BCUT2D eigenvalue weighted by atomic mass is 10.1. The zero-order valence-corrected chi connectivity index (χ0v) is 41.1. The van der Waals surface area contributed by atoms with Gasteiger partial charge in [0, 0.05) is 19.3 Å². The summed E-state index contributed by atoms with van der Waals surface area (Å²) >= 11 is 0. The molecule has 0 N–H and O–H groups in total. The molecule has 0 aromatic heterocycles.